The van der Waals surface area contributed by atoms with Crippen LogP contribution in [0.2, 0.25) is 0 Å². The van der Waals surface area contributed by atoms with Crippen LogP contribution in [-0.4, -0.2) is 11.1 Å². The molecule has 0 saturated heterocycles. The molecule has 4 rings (SSSR count). The van der Waals surface area contributed by atoms with Gasteiger partial charge in [-0.2, -0.15) is 0 Å². The van der Waals surface area contributed by atoms with E-state index in [4.69, 9.17) is 20.0 Å². The maximum absolute atomic E-state index is 14.9. The van der Waals surface area contributed by atoms with Crippen LogP contribution in [0.25, 0.3) is 22.1 Å². The summed E-state index contributed by atoms with van der Waals surface area (Å²) in [5, 5.41) is 9.82. The van der Waals surface area contributed by atoms with Gasteiger partial charge >= 0.3 is 5.97 Å². The molecule has 5 nitrogen and oxygen atoms in total. The smallest absolute Gasteiger partial charge is 0.307 e. The van der Waals surface area contributed by atoms with Crippen LogP contribution in [-0.2, 0) is 24.4 Å². The number of rotatable bonds is 7. The molecule has 33 heavy (non-hydrogen) atoms. The number of ether oxygens (including phenoxy) is 1. The third-order valence-electron chi connectivity index (χ3n) is 4.96. The maximum atomic E-state index is 14.9. The van der Waals surface area contributed by atoms with Gasteiger partial charge in [-0.1, -0.05) is 32.0 Å². The SMILES string of the molecule is CC.NCc1cccc(-c2cc(COc3ccc(F)cc3CC(=O)O)cc3ccoc23)c1F. The summed E-state index contributed by atoms with van der Waals surface area (Å²) in [6.07, 6.45) is 1.16. The number of hydrogen-bond donors (Lipinski definition) is 2. The molecule has 0 aliphatic carbocycles. The van der Waals surface area contributed by atoms with Crippen LogP contribution in [0.15, 0.2) is 65.3 Å². The average Bonchev–Trinajstić information content (AvgIpc) is 3.28. The molecular weight excluding hydrogens is 428 g/mol. The maximum Gasteiger partial charge on any atom is 0.307 e. The van der Waals surface area contributed by atoms with E-state index in [1.54, 1.807) is 30.3 Å². The largest absolute Gasteiger partial charge is 0.489 e. The van der Waals surface area contributed by atoms with E-state index in [2.05, 4.69) is 0 Å². The third kappa shape index (κ3) is 5.38. The Morgan fingerprint density at radius 3 is 2.55 bits per heavy atom. The first-order valence-electron chi connectivity index (χ1n) is 10.6. The van der Waals surface area contributed by atoms with Crippen molar-refractivity contribution < 1.29 is 27.8 Å². The van der Waals surface area contributed by atoms with E-state index in [9.17, 15) is 13.6 Å². The highest BCUT2D eigenvalue weighted by atomic mass is 19.1. The van der Waals surface area contributed by atoms with Crippen molar-refractivity contribution in [3.8, 4) is 16.9 Å². The number of nitrogens with two attached hydrogens (primary N) is 1. The van der Waals surface area contributed by atoms with E-state index in [1.165, 1.54) is 18.4 Å². The van der Waals surface area contributed by atoms with Crippen LogP contribution in [0.1, 0.15) is 30.5 Å². The Morgan fingerprint density at radius 1 is 1.03 bits per heavy atom. The predicted molar refractivity (Wildman–Crippen MR) is 123 cm³/mol. The van der Waals surface area contributed by atoms with E-state index in [0.717, 1.165) is 11.5 Å². The van der Waals surface area contributed by atoms with Crippen molar-refractivity contribution in [1.82, 2.24) is 0 Å². The normalized spacial score (nSPS) is 10.6. The first-order valence-corrected chi connectivity index (χ1v) is 10.6. The van der Waals surface area contributed by atoms with Crippen molar-refractivity contribution in [1.29, 1.82) is 0 Å². The fourth-order valence-corrected chi connectivity index (χ4v) is 3.52. The molecule has 0 spiro atoms. The van der Waals surface area contributed by atoms with Crippen molar-refractivity contribution in [2.24, 2.45) is 5.73 Å². The summed E-state index contributed by atoms with van der Waals surface area (Å²) in [5.74, 6) is -1.77. The first-order chi connectivity index (χ1) is 16.0. The Kier molecular flexibility index (Phi) is 7.79. The predicted octanol–water partition coefficient (Wildman–Crippen LogP) is 6.07. The Hall–Kier alpha value is -3.71. The van der Waals surface area contributed by atoms with Crippen LogP contribution in [0, 0.1) is 11.6 Å². The lowest BCUT2D eigenvalue weighted by molar-refractivity contribution is -0.136. The van der Waals surface area contributed by atoms with Crippen LogP contribution in [0.5, 0.6) is 5.75 Å². The van der Waals surface area contributed by atoms with Crippen molar-refractivity contribution in [3.63, 3.8) is 0 Å². The second-order valence-electron chi connectivity index (χ2n) is 7.08. The summed E-state index contributed by atoms with van der Waals surface area (Å²) in [7, 11) is 0. The monoisotopic (exact) mass is 453 g/mol. The highest BCUT2D eigenvalue weighted by Crippen LogP contribution is 2.34. The molecule has 0 saturated carbocycles. The lowest BCUT2D eigenvalue weighted by Gasteiger charge is -2.13. The molecule has 0 amide bonds. The number of halogens is 2. The number of aliphatic carboxylic acids is 1. The van der Waals surface area contributed by atoms with Gasteiger partial charge in [-0.25, -0.2) is 8.78 Å². The van der Waals surface area contributed by atoms with Crippen molar-refractivity contribution in [2.75, 3.05) is 0 Å². The fourth-order valence-electron chi connectivity index (χ4n) is 3.52. The molecule has 3 aromatic carbocycles. The van der Waals surface area contributed by atoms with Crippen LogP contribution in [0.3, 0.4) is 0 Å². The van der Waals surface area contributed by atoms with E-state index < -0.39 is 17.6 Å². The molecule has 1 heterocycles. The summed E-state index contributed by atoms with van der Waals surface area (Å²) in [6.45, 7) is 4.14. The minimum atomic E-state index is -1.09. The molecule has 4 aromatic rings. The van der Waals surface area contributed by atoms with Gasteiger partial charge in [0.1, 0.15) is 29.6 Å². The van der Waals surface area contributed by atoms with Gasteiger partial charge in [0.05, 0.1) is 12.7 Å². The van der Waals surface area contributed by atoms with Crippen LogP contribution >= 0.6 is 0 Å². The molecule has 3 N–H and O–H groups in total. The van der Waals surface area contributed by atoms with E-state index in [0.29, 0.717) is 27.8 Å². The lowest BCUT2D eigenvalue weighted by Crippen LogP contribution is -2.05. The van der Waals surface area contributed by atoms with Gasteiger partial charge in [0.2, 0.25) is 0 Å². The molecule has 0 atom stereocenters. The summed E-state index contributed by atoms with van der Waals surface area (Å²) < 4.78 is 39.9. The molecule has 0 bridgehead atoms. The zero-order chi connectivity index (χ0) is 24.0. The molecule has 0 unspecified atom stereocenters. The first kappa shape index (κ1) is 23.9. The van der Waals surface area contributed by atoms with Crippen LogP contribution in [0.4, 0.5) is 8.78 Å². The van der Waals surface area contributed by atoms with Gasteiger partial charge in [-0.3, -0.25) is 4.79 Å². The minimum absolute atomic E-state index is 0.0701. The summed E-state index contributed by atoms with van der Waals surface area (Å²) >= 11 is 0. The number of hydrogen-bond acceptors (Lipinski definition) is 4. The van der Waals surface area contributed by atoms with Gasteiger partial charge in [-0.05, 0) is 42.0 Å². The number of fused-ring (bicyclic) bond motifs is 1. The molecule has 1 aromatic heterocycles. The van der Waals surface area contributed by atoms with E-state index >= 15 is 0 Å². The van der Waals surface area contributed by atoms with Gasteiger partial charge in [0, 0.05) is 34.2 Å². The second kappa shape index (κ2) is 10.7. The molecule has 0 aliphatic heterocycles. The second-order valence-corrected chi connectivity index (χ2v) is 7.08. The highest BCUT2D eigenvalue weighted by Gasteiger charge is 2.16. The number of carboxylic acids is 1. The Balaban J connectivity index is 0.00000149. The summed E-state index contributed by atoms with van der Waals surface area (Å²) in [5.41, 5.74) is 8.43. The Morgan fingerprint density at radius 2 is 1.82 bits per heavy atom. The standard InChI is InChI=1S/C24H19F2NO4.C2H6/c25-18-4-5-21(17(10-18)11-22(28)29)31-13-14-8-15-6-7-30-24(15)20(9-14)19-3-1-2-16(12-27)23(19)26;1-2/h1-10H,11-13,27H2,(H,28,29);1-2H3. The number of furan rings is 1. The summed E-state index contributed by atoms with van der Waals surface area (Å²) in [6, 6.07) is 14.1. The van der Waals surface area contributed by atoms with Crippen LogP contribution < -0.4 is 10.5 Å². The number of carboxylic acid groups (broad SMARTS) is 1. The van der Waals surface area contributed by atoms with Gasteiger partial charge in [0.15, 0.2) is 0 Å². The summed E-state index contributed by atoms with van der Waals surface area (Å²) in [4.78, 5) is 11.1. The molecule has 172 valence electrons. The van der Waals surface area contributed by atoms with Gasteiger partial charge < -0.3 is 20.0 Å². The van der Waals surface area contributed by atoms with Gasteiger partial charge in [-0.15, -0.1) is 0 Å². The average molecular weight is 453 g/mol. The molecule has 0 radical (unpaired) electrons. The highest BCUT2D eigenvalue weighted by molar-refractivity contribution is 5.93. The third-order valence-corrected chi connectivity index (χ3v) is 4.96. The quantitative estimate of drug-likeness (QED) is 0.355. The van der Waals surface area contributed by atoms with E-state index in [1.807, 2.05) is 19.9 Å². The van der Waals surface area contributed by atoms with Crippen molar-refractivity contribution in [2.45, 2.75) is 33.4 Å². The van der Waals surface area contributed by atoms with Crippen molar-refractivity contribution >= 4 is 16.9 Å². The lowest BCUT2D eigenvalue weighted by atomic mass is 9.98. The topological polar surface area (TPSA) is 85.7 Å². The molecule has 0 fully saturated rings. The van der Waals surface area contributed by atoms with Crippen molar-refractivity contribution in [3.05, 3.63) is 89.2 Å². The zero-order valence-corrected chi connectivity index (χ0v) is 18.4. The zero-order valence-electron chi connectivity index (χ0n) is 18.4. The molecular formula is C26H25F2NO4. The van der Waals surface area contributed by atoms with E-state index in [-0.39, 0.29) is 30.9 Å². The number of carbonyl (C=O) groups is 1. The fraction of sp³-hybridized carbons (Fsp3) is 0.192. The van der Waals surface area contributed by atoms with Gasteiger partial charge in [0.25, 0.3) is 0 Å². The Labute approximate surface area is 190 Å². The Bertz CT molecular complexity index is 1270. The molecule has 7 heteroatoms. The number of benzene rings is 3. The minimum Gasteiger partial charge on any atom is -0.489 e. The molecule has 0 aliphatic rings.